The number of benzene rings is 3. The molecule has 0 radical (unpaired) electrons. The van der Waals surface area contributed by atoms with Gasteiger partial charge < -0.3 is 20.1 Å². The van der Waals surface area contributed by atoms with E-state index in [0.29, 0.717) is 12.1 Å². The van der Waals surface area contributed by atoms with Gasteiger partial charge in [-0.05, 0) is 46.5 Å². The van der Waals surface area contributed by atoms with Gasteiger partial charge in [-0.3, -0.25) is 0 Å². The molecule has 0 unspecified atom stereocenters. The molecule has 62 heavy (non-hydrogen) atoms. The average Bonchev–Trinajstić information content (AvgIpc) is 3.84. The van der Waals surface area contributed by atoms with Crippen LogP contribution in [-0.2, 0) is 12.4 Å². The van der Waals surface area contributed by atoms with Crippen molar-refractivity contribution in [3.63, 3.8) is 0 Å². The van der Waals surface area contributed by atoms with Crippen molar-refractivity contribution in [1.82, 2.24) is 9.97 Å². The van der Waals surface area contributed by atoms with Crippen molar-refractivity contribution in [2.24, 2.45) is 0 Å². The largest absolute Gasteiger partial charge is 0.436 e. The Morgan fingerprint density at radius 1 is 0.468 bits per heavy atom. The summed E-state index contributed by atoms with van der Waals surface area (Å²) in [5, 5.41) is 43.5. The number of allylic oxidation sites excluding steroid dienone is 2. The van der Waals surface area contributed by atoms with Crippen LogP contribution in [0.5, 0.6) is 11.5 Å². The van der Waals surface area contributed by atoms with Crippen molar-refractivity contribution in [3.05, 3.63) is 117 Å². The third-order valence-corrected chi connectivity index (χ3v) is 8.96. The molecule has 2 N–H and O–H groups in total. The fraction of sp³-hybridized carbons (Fsp3) is 0.0526. The first kappa shape index (κ1) is 41.8. The Balaban J connectivity index is 1.73. The summed E-state index contributed by atoms with van der Waals surface area (Å²) in [5.74, 6) is -22.6. The van der Waals surface area contributed by atoms with E-state index in [-0.39, 0.29) is 24.3 Å². The SMILES string of the molecule is N#CC(C#N)=C1Nc2c(c(-c3ccc(C(F)(F)F)cc3-c3c(F)c(F)nc(F)c3F)c3c(c2-c2ccc(C(F)(F)F)cc2-c2c(F)c(F)nc(F)c2F)OC(=C(C#N)C#N)N3)O1. The Morgan fingerprint density at radius 3 is 1.05 bits per heavy atom. The number of hydrogen-bond acceptors (Lipinski definition) is 10. The van der Waals surface area contributed by atoms with E-state index in [4.69, 9.17) is 9.47 Å². The molecule has 5 aromatic rings. The molecule has 0 atom stereocenters. The van der Waals surface area contributed by atoms with Gasteiger partial charge in [-0.25, -0.2) is 17.6 Å². The van der Waals surface area contributed by atoms with Gasteiger partial charge in [0.05, 0.1) is 44.8 Å². The maximum atomic E-state index is 15.5. The van der Waals surface area contributed by atoms with Gasteiger partial charge in [-0.15, -0.1) is 0 Å². The van der Waals surface area contributed by atoms with Crippen LogP contribution in [0.4, 0.5) is 72.8 Å². The van der Waals surface area contributed by atoms with E-state index in [9.17, 15) is 65.0 Å². The first-order chi connectivity index (χ1) is 29.2. The zero-order chi connectivity index (χ0) is 45.3. The number of fused-ring (bicyclic) bond motifs is 2. The van der Waals surface area contributed by atoms with Crippen molar-refractivity contribution in [2.75, 3.05) is 10.6 Å². The van der Waals surface area contributed by atoms with Crippen molar-refractivity contribution < 1.29 is 70.9 Å². The molecule has 2 aromatic heterocycles. The Labute approximate surface area is 334 Å². The second-order valence-electron chi connectivity index (χ2n) is 12.4. The summed E-state index contributed by atoms with van der Waals surface area (Å²) >= 11 is 0. The molecule has 0 aliphatic carbocycles. The number of pyridine rings is 2. The molecule has 0 fully saturated rings. The molecule has 2 aliphatic rings. The fourth-order valence-corrected chi connectivity index (χ4v) is 6.36. The summed E-state index contributed by atoms with van der Waals surface area (Å²) in [5.41, 5.74) is -16.9. The summed E-state index contributed by atoms with van der Waals surface area (Å²) in [6.07, 6.45) is -10.7. The van der Waals surface area contributed by atoms with Crippen LogP contribution in [0.3, 0.4) is 0 Å². The van der Waals surface area contributed by atoms with Gasteiger partial charge in [0.15, 0.2) is 45.9 Å². The predicted molar refractivity (Wildman–Crippen MR) is 178 cm³/mol. The molecule has 24 heteroatoms. The molecule has 0 bridgehead atoms. The molecule has 10 nitrogen and oxygen atoms in total. The quantitative estimate of drug-likeness (QED) is 0.101. The van der Waals surface area contributed by atoms with Crippen LogP contribution in [0.1, 0.15) is 11.1 Å². The lowest BCUT2D eigenvalue weighted by Crippen LogP contribution is -2.08. The lowest BCUT2D eigenvalue weighted by atomic mass is 9.86. The monoisotopic (exact) mass is 874 g/mol. The minimum Gasteiger partial charge on any atom is -0.436 e. The van der Waals surface area contributed by atoms with Crippen molar-refractivity contribution in [2.45, 2.75) is 12.4 Å². The number of ether oxygens (including phenoxy) is 2. The minimum atomic E-state index is -5.35. The number of hydrogen-bond donors (Lipinski definition) is 2. The maximum Gasteiger partial charge on any atom is 0.416 e. The number of nitrogens with zero attached hydrogens (tertiary/aromatic N) is 6. The molecule has 2 aliphatic heterocycles. The van der Waals surface area contributed by atoms with Gasteiger partial charge in [0.1, 0.15) is 24.3 Å². The first-order valence-corrected chi connectivity index (χ1v) is 16.2. The third kappa shape index (κ3) is 6.59. The zero-order valence-electron chi connectivity index (χ0n) is 29.3. The van der Waals surface area contributed by atoms with Crippen molar-refractivity contribution in [3.8, 4) is 80.3 Å². The van der Waals surface area contributed by atoms with Crippen LogP contribution in [0.15, 0.2) is 59.3 Å². The van der Waals surface area contributed by atoms with Gasteiger partial charge in [-0.1, -0.05) is 12.1 Å². The number of rotatable bonds is 4. The smallest absolute Gasteiger partial charge is 0.416 e. The van der Waals surface area contributed by atoms with Crippen LogP contribution < -0.4 is 20.1 Å². The Kier molecular flexibility index (Phi) is 9.91. The standard InChI is InChI=1S/C38H8F14N8O2/c39-23-19(24(40)32(44)59-31(23)43)17-5-13(37(47,48)49)1-3-15(17)21-27-30(62-35(57-27)11(7-53)8-54)22(28-29(21)61-36(58-28)12(9-55)10-56)16-4-2-14(38(50,51)52)6-18(16)20-25(41)33(45)60-34(46)26(20)42/h1-6,57-58H. The highest BCUT2D eigenvalue weighted by Crippen LogP contribution is 2.62. The maximum absolute atomic E-state index is 15.5. The summed E-state index contributed by atoms with van der Waals surface area (Å²) in [6, 6.07) is 7.06. The number of alkyl halides is 6. The topological polar surface area (TPSA) is 163 Å². The molecule has 0 spiro atoms. The number of aromatic nitrogens is 2. The molecule has 0 amide bonds. The van der Waals surface area contributed by atoms with E-state index in [1.54, 1.807) is 0 Å². The molecule has 7 rings (SSSR count). The minimum absolute atomic E-state index is 0.00607. The van der Waals surface area contributed by atoms with Gasteiger partial charge in [-0.2, -0.15) is 74.9 Å². The molecule has 0 saturated heterocycles. The van der Waals surface area contributed by atoms with Crippen LogP contribution in [-0.4, -0.2) is 9.97 Å². The average molecular weight is 875 g/mol. The second kappa shape index (κ2) is 14.7. The highest BCUT2D eigenvalue weighted by atomic mass is 19.4. The Hall–Kier alpha value is -8.38. The van der Waals surface area contributed by atoms with Crippen molar-refractivity contribution in [1.29, 1.82) is 21.0 Å². The summed E-state index contributed by atoms with van der Waals surface area (Å²) in [7, 11) is 0. The highest BCUT2D eigenvalue weighted by Gasteiger charge is 2.42. The number of halogens is 14. The lowest BCUT2D eigenvalue weighted by molar-refractivity contribution is -0.138. The first-order valence-electron chi connectivity index (χ1n) is 16.2. The number of anilines is 2. The second-order valence-corrected chi connectivity index (χ2v) is 12.4. The van der Waals surface area contributed by atoms with Crippen LogP contribution in [0.25, 0.3) is 44.5 Å². The molecular formula is C38H8F14N8O2. The third-order valence-electron chi connectivity index (χ3n) is 8.96. The number of nitrogens with one attached hydrogen (secondary N) is 2. The number of nitriles is 4. The van der Waals surface area contributed by atoms with E-state index < -0.39 is 161 Å². The molecule has 310 valence electrons. The molecule has 0 saturated carbocycles. The van der Waals surface area contributed by atoms with Crippen molar-refractivity contribution >= 4 is 11.4 Å². The Bertz CT molecular complexity index is 2760. The summed E-state index contributed by atoms with van der Waals surface area (Å²) in [4.78, 5) is 4.77. The predicted octanol–water partition coefficient (Wildman–Crippen LogP) is 10.4. The highest BCUT2D eigenvalue weighted by molar-refractivity contribution is 6.09. The van der Waals surface area contributed by atoms with Gasteiger partial charge in [0.25, 0.3) is 23.8 Å². The molecular weight excluding hydrogens is 866 g/mol. The normalized spacial score (nSPS) is 12.7. The van der Waals surface area contributed by atoms with E-state index in [0.717, 1.165) is 0 Å². The van der Waals surface area contributed by atoms with Crippen LogP contribution in [0, 0.1) is 92.4 Å². The lowest BCUT2D eigenvalue weighted by Gasteiger charge is -2.21. The van der Waals surface area contributed by atoms with Gasteiger partial charge >= 0.3 is 12.4 Å². The Morgan fingerprint density at radius 2 is 0.774 bits per heavy atom. The summed E-state index contributed by atoms with van der Waals surface area (Å²) < 4.78 is 217. The van der Waals surface area contributed by atoms with E-state index in [2.05, 4.69) is 20.6 Å². The zero-order valence-corrected chi connectivity index (χ0v) is 29.3. The van der Waals surface area contributed by atoms with Gasteiger partial charge in [0, 0.05) is 0 Å². The molecule has 3 aromatic carbocycles. The van der Waals surface area contributed by atoms with Gasteiger partial charge in [0.2, 0.25) is 11.8 Å². The van der Waals surface area contributed by atoms with E-state index in [1.807, 2.05) is 0 Å². The summed E-state index contributed by atoms with van der Waals surface area (Å²) in [6.45, 7) is 0. The molecule has 4 heterocycles. The van der Waals surface area contributed by atoms with E-state index in [1.165, 1.54) is 24.3 Å². The fourth-order valence-electron chi connectivity index (χ4n) is 6.36. The van der Waals surface area contributed by atoms with E-state index >= 15 is 17.6 Å². The van der Waals surface area contributed by atoms with Crippen LogP contribution >= 0.6 is 0 Å². The van der Waals surface area contributed by atoms with Crippen LogP contribution in [0.2, 0.25) is 0 Å².